The van der Waals surface area contributed by atoms with E-state index >= 15 is 0 Å². The second kappa shape index (κ2) is 5.52. The molecule has 0 bridgehead atoms. The van der Waals surface area contributed by atoms with Gasteiger partial charge in [0, 0.05) is 12.7 Å². The van der Waals surface area contributed by atoms with E-state index in [0.29, 0.717) is 6.54 Å². The summed E-state index contributed by atoms with van der Waals surface area (Å²) in [5.74, 6) is -2.45. The van der Waals surface area contributed by atoms with Crippen LogP contribution in [0.2, 0.25) is 0 Å². The van der Waals surface area contributed by atoms with Crippen molar-refractivity contribution in [2.24, 2.45) is 0 Å². The molecule has 1 aromatic heterocycles. The molecule has 0 fully saturated rings. The lowest BCUT2D eigenvalue weighted by molar-refractivity contribution is 0.0692. The van der Waals surface area contributed by atoms with Gasteiger partial charge < -0.3 is 9.67 Å². The van der Waals surface area contributed by atoms with Crippen LogP contribution in [-0.4, -0.2) is 29.0 Å². The molecule has 0 saturated heterocycles. The summed E-state index contributed by atoms with van der Waals surface area (Å²) < 4.78 is 41.3. The standard InChI is InChI=1S/C12H12FN3O4S/c1-2-16-6-11(14-7-16)21(19,20)15-8-3-4-9(12(17)18)10(13)5-8/h3-7,15H,2H2,1H3,(H,17,18). The molecule has 0 unspecified atom stereocenters. The third-order valence-corrected chi connectivity index (χ3v) is 3.97. The number of benzene rings is 1. The van der Waals surface area contributed by atoms with E-state index in [-0.39, 0.29) is 10.7 Å². The van der Waals surface area contributed by atoms with E-state index in [0.717, 1.165) is 12.1 Å². The Morgan fingerprint density at radius 1 is 1.48 bits per heavy atom. The highest BCUT2D eigenvalue weighted by molar-refractivity contribution is 7.92. The van der Waals surface area contributed by atoms with Crippen LogP contribution in [0.5, 0.6) is 0 Å². The number of aromatic carboxylic acids is 1. The van der Waals surface area contributed by atoms with Crippen LogP contribution in [0.1, 0.15) is 17.3 Å². The van der Waals surface area contributed by atoms with E-state index in [4.69, 9.17) is 5.11 Å². The summed E-state index contributed by atoms with van der Waals surface area (Å²) >= 11 is 0. The molecule has 0 aliphatic heterocycles. The molecule has 0 saturated carbocycles. The molecular weight excluding hydrogens is 301 g/mol. The predicted molar refractivity (Wildman–Crippen MR) is 72.1 cm³/mol. The van der Waals surface area contributed by atoms with Gasteiger partial charge in [-0.15, -0.1) is 0 Å². The molecule has 0 spiro atoms. The molecule has 112 valence electrons. The molecule has 21 heavy (non-hydrogen) atoms. The van der Waals surface area contributed by atoms with Crippen LogP contribution in [-0.2, 0) is 16.6 Å². The average molecular weight is 313 g/mol. The molecule has 0 amide bonds. The van der Waals surface area contributed by atoms with E-state index in [2.05, 4.69) is 9.71 Å². The van der Waals surface area contributed by atoms with Crippen LogP contribution in [0.4, 0.5) is 10.1 Å². The molecule has 2 aromatic rings. The minimum absolute atomic E-state index is 0.0800. The predicted octanol–water partition coefficient (Wildman–Crippen LogP) is 1.54. The number of aryl methyl sites for hydroxylation is 1. The summed E-state index contributed by atoms with van der Waals surface area (Å²) in [6.45, 7) is 2.38. The van der Waals surface area contributed by atoms with Gasteiger partial charge in [0.2, 0.25) is 0 Å². The number of hydrogen-bond acceptors (Lipinski definition) is 4. The van der Waals surface area contributed by atoms with Crippen molar-refractivity contribution in [3.8, 4) is 0 Å². The second-order valence-electron chi connectivity index (χ2n) is 4.15. The Kier molecular flexibility index (Phi) is 3.94. The van der Waals surface area contributed by atoms with E-state index < -0.39 is 27.4 Å². The van der Waals surface area contributed by atoms with Crippen LogP contribution in [0.15, 0.2) is 35.7 Å². The number of carbonyl (C=O) groups is 1. The highest BCUT2D eigenvalue weighted by atomic mass is 32.2. The summed E-state index contributed by atoms with van der Waals surface area (Å²) in [6, 6.07) is 2.96. The SMILES string of the molecule is CCn1cnc(S(=O)(=O)Nc2ccc(C(=O)O)c(F)c2)c1. The van der Waals surface area contributed by atoms with Gasteiger partial charge in [0.1, 0.15) is 5.82 Å². The lowest BCUT2D eigenvalue weighted by Crippen LogP contribution is -2.14. The Balaban J connectivity index is 2.28. The van der Waals surface area contributed by atoms with Gasteiger partial charge in [-0.25, -0.2) is 14.2 Å². The quantitative estimate of drug-likeness (QED) is 0.872. The third-order valence-electron chi connectivity index (χ3n) is 2.70. The molecule has 2 N–H and O–H groups in total. The van der Waals surface area contributed by atoms with Crippen LogP contribution in [0, 0.1) is 5.82 Å². The Bertz CT molecular complexity index is 786. The molecular formula is C12H12FN3O4S. The van der Waals surface area contributed by atoms with Gasteiger partial charge >= 0.3 is 5.97 Å². The molecule has 2 rings (SSSR count). The van der Waals surface area contributed by atoms with Gasteiger partial charge in [0.25, 0.3) is 10.0 Å². The number of hydrogen-bond donors (Lipinski definition) is 2. The fraction of sp³-hybridized carbons (Fsp3) is 0.167. The highest BCUT2D eigenvalue weighted by Gasteiger charge is 2.19. The Labute approximate surface area is 120 Å². The zero-order valence-corrected chi connectivity index (χ0v) is 11.8. The van der Waals surface area contributed by atoms with Gasteiger partial charge in [0.15, 0.2) is 5.03 Å². The van der Waals surface area contributed by atoms with Gasteiger partial charge in [-0.1, -0.05) is 0 Å². The van der Waals surface area contributed by atoms with Crippen molar-refractivity contribution in [2.75, 3.05) is 4.72 Å². The van der Waals surface area contributed by atoms with Gasteiger partial charge in [-0.2, -0.15) is 8.42 Å². The first-order chi connectivity index (χ1) is 9.83. The maximum absolute atomic E-state index is 13.5. The number of carboxylic acids is 1. The lowest BCUT2D eigenvalue weighted by Gasteiger charge is -2.06. The molecule has 0 radical (unpaired) electrons. The molecule has 0 atom stereocenters. The van der Waals surface area contributed by atoms with Crippen LogP contribution >= 0.6 is 0 Å². The minimum atomic E-state index is -3.95. The first-order valence-corrected chi connectivity index (χ1v) is 7.39. The fourth-order valence-electron chi connectivity index (χ4n) is 1.61. The molecule has 0 aliphatic carbocycles. The number of anilines is 1. The maximum atomic E-state index is 13.5. The normalized spacial score (nSPS) is 11.3. The molecule has 1 heterocycles. The number of nitrogens with zero attached hydrogens (tertiary/aromatic N) is 2. The monoisotopic (exact) mass is 313 g/mol. The molecule has 9 heteroatoms. The second-order valence-corrected chi connectivity index (χ2v) is 5.78. The number of rotatable bonds is 5. The number of nitrogens with one attached hydrogen (secondary N) is 1. The maximum Gasteiger partial charge on any atom is 0.338 e. The van der Waals surface area contributed by atoms with Crippen LogP contribution < -0.4 is 4.72 Å². The van der Waals surface area contributed by atoms with E-state index in [1.54, 1.807) is 4.57 Å². The van der Waals surface area contributed by atoms with Crippen molar-refractivity contribution < 1.29 is 22.7 Å². The first-order valence-electron chi connectivity index (χ1n) is 5.91. The van der Waals surface area contributed by atoms with E-state index in [1.165, 1.54) is 18.6 Å². The van der Waals surface area contributed by atoms with Crippen molar-refractivity contribution >= 4 is 21.7 Å². The van der Waals surface area contributed by atoms with Crippen molar-refractivity contribution in [1.82, 2.24) is 9.55 Å². The molecule has 1 aromatic carbocycles. The van der Waals surface area contributed by atoms with Crippen molar-refractivity contribution in [3.63, 3.8) is 0 Å². The van der Waals surface area contributed by atoms with Gasteiger partial charge in [0.05, 0.1) is 17.6 Å². The number of sulfonamides is 1. The summed E-state index contributed by atoms with van der Waals surface area (Å²) in [7, 11) is -3.95. The number of imidazole rings is 1. The minimum Gasteiger partial charge on any atom is -0.478 e. The van der Waals surface area contributed by atoms with Crippen molar-refractivity contribution in [3.05, 3.63) is 42.1 Å². The Morgan fingerprint density at radius 2 is 2.19 bits per heavy atom. The Morgan fingerprint density at radius 3 is 2.71 bits per heavy atom. The topological polar surface area (TPSA) is 101 Å². The zero-order valence-electron chi connectivity index (χ0n) is 10.9. The average Bonchev–Trinajstić information content (AvgIpc) is 2.87. The summed E-state index contributed by atoms with van der Waals surface area (Å²) in [5.41, 5.74) is -0.614. The first kappa shape index (κ1) is 15.0. The number of carboxylic acid groups (broad SMARTS) is 1. The fourth-order valence-corrected chi connectivity index (χ4v) is 2.61. The summed E-state index contributed by atoms with van der Waals surface area (Å²) in [6.07, 6.45) is 2.70. The summed E-state index contributed by atoms with van der Waals surface area (Å²) in [4.78, 5) is 14.4. The summed E-state index contributed by atoms with van der Waals surface area (Å²) in [5, 5.41) is 8.50. The zero-order chi connectivity index (χ0) is 15.6. The van der Waals surface area contributed by atoms with Crippen molar-refractivity contribution in [1.29, 1.82) is 0 Å². The van der Waals surface area contributed by atoms with E-state index in [1.807, 2.05) is 6.92 Å². The van der Waals surface area contributed by atoms with E-state index in [9.17, 15) is 17.6 Å². The number of halogens is 1. The van der Waals surface area contributed by atoms with Gasteiger partial charge in [-0.05, 0) is 25.1 Å². The highest BCUT2D eigenvalue weighted by Crippen LogP contribution is 2.18. The third kappa shape index (κ3) is 3.19. The smallest absolute Gasteiger partial charge is 0.338 e. The Hall–Kier alpha value is -2.42. The largest absolute Gasteiger partial charge is 0.478 e. The van der Waals surface area contributed by atoms with Crippen LogP contribution in [0.3, 0.4) is 0 Å². The van der Waals surface area contributed by atoms with Gasteiger partial charge in [-0.3, -0.25) is 4.72 Å². The molecule has 0 aliphatic rings. The number of aromatic nitrogens is 2. The van der Waals surface area contributed by atoms with Crippen molar-refractivity contribution in [2.45, 2.75) is 18.5 Å². The lowest BCUT2D eigenvalue weighted by atomic mass is 10.2. The molecule has 7 nitrogen and oxygen atoms in total. The van der Waals surface area contributed by atoms with Crippen LogP contribution in [0.25, 0.3) is 0 Å².